The minimum Gasteiger partial charge on any atom is -0.329 e. The molecule has 0 aliphatic rings. The van der Waals surface area contributed by atoms with Crippen molar-refractivity contribution in [3.63, 3.8) is 0 Å². The molecule has 0 bridgehead atoms. The molecule has 0 saturated heterocycles. The summed E-state index contributed by atoms with van der Waals surface area (Å²) in [6.07, 6.45) is 0.532. The third-order valence-electron chi connectivity index (χ3n) is 2.04. The molecule has 3 N–H and O–H groups in total. The Morgan fingerprint density at radius 1 is 1.25 bits per heavy atom. The van der Waals surface area contributed by atoms with Crippen LogP contribution in [0.4, 0.5) is 4.39 Å². The van der Waals surface area contributed by atoms with Gasteiger partial charge in [0, 0.05) is 13.1 Å². The summed E-state index contributed by atoms with van der Waals surface area (Å²) in [7, 11) is -3.26. The third-order valence-corrected chi connectivity index (χ3v) is 3.45. The molecule has 0 atom stereocenters. The number of sulfonamides is 1. The Morgan fingerprint density at radius 2 is 1.88 bits per heavy atom. The van der Waals surface area contributed by atoms with Gasteiger partial charge in [-0.2, -0.15) is 0 Å². The van der Waals surface area contributed by atoms with Crippen molar-refractivity contribution in [3.05, 3.63) is 35.6 Å². The molecule has 6 heteroatoms. The molecule has 0 radical (unpaired) electrons. The van der Waals surface area contributed by atoms with Gasteiger partial charge in [0.05, 0.1) is 5.75 Å². The van der Waals surface area contributed by atoms with Gasteiger partial charge in [-0.3, -0.25) is 0 Å². The molecule has 4 nitrogen and oxygen atoms in total. The first kappa shape index (κ1) is 13.1. The van der Waals surface area contributed by atoms with Crippen LogP contribution in [0.5, 0.6) is 0 Å². The summed E-state index contributed by atoms with van der Waals surface area (Å²) < 4.78 is 37.4. The van der Waals surface area contributed by atoms with Crippen molar-refractivity contribution >= 4 is 10.0 Å². The Kier molecular flexibility index (Phi) is 4.85. The van der Waals surface area contributed by atoms with Gasteiger partial charge in [-0.05, 0) is 24.1 Å². The first-order chi connectivity index (χ1) is 7.53. The number of benzene rings is 1. The SMILES string of the molecule is NCCS(=O)(=O)NCCc1ccc(F)cc1. The van der Waals surface area contributed by atoms with Gasteiger partial charge in [0.15, 0.2) is 0 Å². The maximum absolute atomic E-state index is 12.6. The van der Waals surface area contributed by atoms with Crippen LogP contribution in [0.2, 0.25) is 0 Å². The first-order valence-corrected chi connectivity index (χ1v) is 6.60. The Labute approximate surface area is 94.7 Å². The summed E-state index contributed by atoms with van der Waals surface area (Å²) >= 11 is 0. The van der Waals surface area contributed by atoms with E-state index in [1.807, 2.05) is 0 Å². The van der Waals surface area contributed by atoms with E-state index < -0.39 is 10.0 Å². The van der Waals surface area contributed by atoms with Crippen molar-refractivity contribution in [3.8, 4) is 0 Å². The highest BCUT2D eigenvalue weighted by Gasteiger charge is 2.07. The van der Waals surface area contributed by atoms with Crippen molar-refractivity contribution in [1.29, 1.82) is 0 Å². The zero-order valence-electron chi connectivity index (χ0n) is 8.82. The normalized spacial score (nSPS) is 11.6. The molecular formula is C10H15FN2O2S. The van der Waals surface area contributed by atoms with Gasteiger partial charge in [-0.1, -0.05) is 12.1 Å². The molecule has 1 aromatic carbocycles. The van der Waals surface area contributed by atoms with Gasteiger partial charge >= 0.3 is 0 Å². The smallest absolute Gasteiger partial charge is 0.212 e. The minimum atomic E-state index is -3.26. The van der Waals surface area contributed by atoms with E-state index in [1.54, 1.807) is 12.1 Å². The number of nitrogens with one attached hydrogen (secondary N) is 1. The maximum atomic E-state index is 12.6. The van der Waals surface area contributed by atoms with Crippen molar-refractivity contribution in [1.82, 2.24) is 4.72 Å². The summed E-state index contributed by atoms with van der Waals surface area (Å²) in [5.74, 6) is -0.372. The van der Waals surface area contributed by atoms with E-state index >= 15 is 0 Å². The molecule has 0 aromatic heterocycles. The van der Waals surface area contributed by atoms with Crippen LogP contribution in [0, 0.1) is 5.82 Å². The number of halogens is 1. The molecule has 0 saturated carbocycles. The highest BCUT2D eigenvalue weighted by molar-refractivity contribution is 7.89. The lowest BCUT2D eigenvalue weighted by atomic mass is 10.1. The lowest BCUT2D eigenvalue weighted by Gasteiger charge is -2.05. The average molecular weight is 246 g/mol. The third kappa shape index (κ3) is 4.69. The molecule has 0 spiro atoms. The molecule has 0 unspecified atom stereocenters. The van der Waals surface area contributed by atoms with Crippen LogP contribution < -0.4 is 10.5 Å². The summed E-state index contributed by atoms with van der Waals surface area (Å²) in [4.78, 5) is 0. The molecule has 0 aliphatic heterocycles. The summed E-state index contributed by atoms with van der Waals surface area (Å²) in [6.45, 7) is 0.403. The molecular weight excluding hydrogens is 231 g/mol. The fourth-order valence-electron chi connectivity index (χ4n) is 1.23. The molecule has 0 aliphatic carbocycles. The van der Waals surface area contributed by atoms with Gasteiger partial charge in [0.1, 0.15) is 5.82 Å². The maximum Gasteiger partial charge on any atom is 0.212 e. The van der Waals surface area contributed by atoms with Crippen LogP contribution in [-0.4, -0.2) is 27.3 Å². The van der Waals surface area contributed by atoms with Crippen LogP contribution in [-0.2, 0) is 16.4 Å². The Morgan fingerprint density at radius 3 is 2.44 bits per heavy atom. The first-order valence-electron chi connectivity index (χ1n) is 4.95. The van der Waals surface area contributed by atoms with Crippen molar-refractivity contribution in [2.45, 2.75) is 6.42 Å². The van der Waals surface area contributed by atoms with Gasteiger partial charge < -0.3 is 5.73 Å². The molecule has 1 aromatic rings. The van der Waals surface area contributed by atoms with E-state index in [0.717, 1.165) is 5.56 Å². The number of rotatable bonds is 6. The van der Waals surface area contributed by atoms with Crippen LogP contribution in [0.25, 0.3) is 0 Å². The molecule has 0 heterocycles. The van der Waals surface area contributed by atoms with Gasteiger partial charge in [0.2, 0.25) is 10.0 Å². The largest absolute Gasteiger partial charge is 0.329 e. The van der Waals surface area contributed by atoms with Crippen molar-refractivity contribution < 1.29 is 12.8 Å². The lowest BCUT2D eigenvalue weighted by Crippen LogP contribution is -2.31. The zero-order valence-corrected chi connectivity index (χ0v) is 9.63. The second-order valence-corrected chi connectivity index (χ2v) is 5.30. The molecule has 16 heavy (non-hydrogen) atoms. The van der Waals surface area contributed by atoms with Gasteiger partial charge in [0.25, 0.3) is 0 Å². The lowest BCUT2D eigenvalue weighted by molar-refractivity contribution is 0.581. The quantitative estimate of drug-likeness (QED) is 0.755. The van der Waals surface area contributed by atoms with Crippen molar-refractivity contribution in [2.24, 2.45) is 5.73 Å². The number of nitrogens with two attached hydrogens (primary N) is 1. The minimum absolute atomic E-state index is 0.0730. The summed E-state index contributed by atoms with van der Waals surface area (Å²) in [5.41, 5.74) is 6.04. The van der Waals surface area contributed by atoms with Crippen LogP contribution in [0.1, 0.15) is 5.56 Å². The van der Waals surface area contributed by atoms with Crippen LogP contribution in [0.15, 0.2) is 24.3 Å². The topological polar surface area (TPSA) is 72.2 Å². The van der Waals surface area contributed by atoms with Gasteiger partial charge in [-0.15, -0.1) is 0 Å². The molecule has 0 amide bonds. The van der Waals surface area contributed by atoms with E-state index in [2.05, 4.69) is 4.72 Å². The predicted molar refractivity (Wildman–Crippen MR) is 60.9 cm³/mol. The van der Waals surface area contributed by atoms with E-state index in [0.29, 0.717) is 13.0 Å². The van der Waals surface area contributed by atoms with E-state index in [9.17, 15) is 12.8 Å². The monoisotopic (exact) mass is 246 g/mol. The standard InChI is InChI=1S/C10H15FN2O2S/c11-10-3-1-9(2-4-10)5-7-13-16(14,15)8-6-12/h1-4,13H,5-8,12H2. The average Bonchev–Trinajstić information content (AvgIpc) is 2.20. The fraction of sp³-hybridized carbons (Fsp3) is 0.400. The van der Waals surface area contributed by atoms with Gasteiger partial charge in [-0.25, -0.2) is 17.5 Å². The highest BCUT2D eigenvalue weighted by atomic mass is 32.2. The Bertz CT molecular complexity index is 417. The molecule has 0 fully saturated rings. The molecule has 1 rings (SSSR count). The number of hydrogen-bond donors (Lipinski definition) is 2. The highest BCUT2D eigenvalue weighted by Crippen LogP contribution is 2.02. The second kappa shape index (κ2) is 5.93. The predicted octanol–water partition coefficient (Wildman–Crippen LogP) is 0.246. The summed E-state index contributed by atoms with van der Waals surface area (Å²) in [5, 5.41) is 0. The van der Waals surface area contributed by atoms with E-state index in [4.69, 9.17) is 5.73 Å². The van der Waals surface area contributed by atoms with Crippen LogP contribution in [0.3, 0.4) is 0 Å². The van der Waals surface area contributed by atoms with E-state index in [-0.39, 0.29) is 18.1 Å². The van der Waals surface area contributed by atoms with Crippen molar-refractivity contribution in [2.75, 3.05) is 18.8 Å². The fourth-order valence-corrected chi connectivity index (χ4v) is 2.10. The van der Waals surface area contributed by atoms with E-state index in [1.165, 1.54) is 12.1 Å². The van der Waals surface area contributed by atoms with Crippen LogP contribution >= 0.6 is 0 Å². The summed E-state index contributed by atoms with van der Waals surface area (Å²) in [6, 6.07) is 5.96. The Balaban J connectivity index is 2.39. The second-order valence-electron chi connectivity index (χ2n) is 3.38. The molecule has 90 valence electrons. The Hall–Kier alpha value is -0.980. The zero-order chi connectivity index (χ0) is 12.0. The number of hydrogen-bond acceptors (Lipinski definition) is 3.